The molecule has 1 N–H and O–H groups in total. The van der Waals surface area contributed by atoms with Gasteiger partial charge < -0.3 is 4.42 Å². The molecule has 2 heterocycles. The Bertz CT molecular complexity index is 678. The Kier molecular flexibility index (Phi) is 4.44. The molecule has 2 atom stereocenters. The summed E-state index contributed by atoms with van der Waals surface area (Å²) in [7, 11) is 0. The lowest BCUT2D eigenvalue weighted by atomic mass is 10.0. The molecule has 0 aliphatic rings. The molecule has 0 amide bonds. The average Bonchev–Trinajstić information content (AvgIpc) is 3.17. The van der Waals surface area contributed by atoms with E-state index < -0.39 is 0 Å². The van der Waals surface area contributed by atoms with Crippen molar-refractivity contribution in [2.75, 3.05) is 0 Å². The summed E-state index contributed by atoms with van der Waals surface area (Å²) < 4.78 is 6.42. The van der Waals surface area contributed by atoms with Crippen LogP contribution in [-0.2, 0) is 0 Å². The predicted octanol–water partition coefficient (Wildman–Crippen LogP) is 5.43. The van der Waals surface area contributed by atoms with Gasteiger partial charge in [0.1, 0.15) is 5.76 Å². The van der Waals surface area contributed by atoms with E-state index in [1.807, 2.05) is 36.4 Å². The fraction of sp³-hybridized carbons (Fsp3) is 0.176. The molecule has 108 valence electrons. The van der Waals surface area contributed by atoms with Gasteiger partial charge in [0.15, 0.2) is 0 Å². The molecule has 3 rings (SSSR count). The van der Waals surface area contributed by atoms with Crippen LogP contribution in [0.15, 0.2) is 64.6 Å². The highest BCUT2D eigenvalue weighted by Crippen LogP contribution is 2.29. The SMILES string of the molecule is CC(NC(c1ccccc1)c1ccco1)c1csc(Cl)c1. The first kappa shape index (κ1) is 14.4. The Morgan fingerprint density at radius 2 is 1.90 bits per heavy atom. The number of rotatable bonds is 5. The molecule has 0 spiro atoms. The van der Waals surface area contributed by atoms with Gasteiger partial charge in [0.2, 0.25) is 0 Å². The van der Waals surface area contributed by atoms with E-state index in [4.69, 9.17) is 16.0 Å². The number of benzene rings is 1. The van der Waals surface area contributed by atoms with Gasteiger partial charge in [-0.15, -0.1) is 11.3 Å². The van der Waals surface area contributed by atoms with E-state index in [-0.39, 0.29) is 12.1 Å². The van der Waals surface area contributed by atoms with Crippen LogP contribution in [0.5, 0.6) is 0 Å². The zero-order valence-corrected chi connectivity index (χ0v) is 13.2. The maximum Gasteiger partial charge on any atom is 0.125 e. The van der Waals surface area contributed by atoms with Gasteiger partial charge >= 0.3 is 0 Å². The second-order valence-corrected chi connectivity index (χ2v) is 6.47. The molecular formula is C17H16ClNOS. The predicted molar refractivity (Wildman–Crippen MR) is 87.9 cm³/mol. The van der Waals surface area contributed by atoms with E-state index in [1.165, 1.54) is 11.1 Å². The van der Waals surface area contributed by atoms with E-state index >= 15 is 0 Å². The van der Waals surface area contributed by atoms with Crippen molar-refractivity contribution >= 4 is 22.9 Å². The van der Waals surface area contributed by atoms with Crippen molar-refractivity contribution in [1.82, 2.24) is 5.32 Å². The van der Waals surface area contributed by atoms with Gasteiger partial charge in [-0.1, -0.05) is 41.9 Å². The molecule has 0 aliphatic carbocycles. The highest BCUT2D eigenvalue weighted by Gasteiger charge is 2.20. The monoisotopic (exact) mass is 317 g/mol. The van der Waals surface area contributed by atoms with Crippen LogP contribution in [0.2, 0.25) is 4.34 Å². The molecular weight excluding hydrogens is 302 g/mol. The second kappa shape index (κ2) is 6.48. The molecule has 0 radical (unpaired) electrons. The summed E-state index contributed by atoms with van der Waals surface area (Å²) in [4.78, 5) is 0. The molecule has 0 bridgehead atoms. The molecule has 2 unspecified atom stereocenters. The van der Waals surface area contributed by atoms with Gasteiger partial charge in [0.25, 0.3) is 0 Å². The molecule has 0 saturated carbocycles. The van der Waals surface area contributed by atoms with E-state index in [2.05, 4.69) is 29.8 Å². The van der Waals surface area contributed by atoms with Crippen LogP contribution in [0.3, 0.4) is 0 Å². The first-order valence-corrected chi connectivity index (χ1v) is 8.08. The van der Waals surface area contributed by atoms with E-state index in [0.717, 1.165) is 10.1 Å². The number of thiophene rings is 1. The van der Waals surface area contributed by atoms with Crippen LogP contribution in [0.4, 0.5) is 0 Å². The third-order valence-corrected chi connectivity index (χ3v) is 4.57. The molecule has 4 heteroatoms. The summed E-state index contributed by atoms with van der Waals surface area (Å²) in [6.07, 6.45) is 1.71. The molecule has 0 saturated heterocycles. The zero-order valence-electron chi connectivity index (χ0n) is 11.6. The topological polar surface area (TPSA) is 25.2 Å². The van der Waals surface area contributed by atoms with Crippen LogP contribution < -0.4 is 5.32 Å². The van der Waals surface area contributed by atoms with Crippen LogP contribution >= 0.6 is 22.9 Å². The van der Waals surface area contributed by atoms with Gasteiger partial charge in [-0.25, -0.2) is 0 Å². The fourth-order valence-electron chi connectivity index (χ4n) is 2.34. The normalized spacial score (nSPS) is 14.0. The van der Waals surface area contributed by atoms with Crippen LogP contribution in [0, 0.1) is 0 Å². The maximum atomic E-state index is 6.03. The number of hydrogen-bond acceptors (Lipinski definition) is 3. The van der Waals surface area contributed by atoms with E-state index in [0.29, 0.717) is 0 Å². The maximum absolute atomic E-state index is 6.03. The Morgan fingerprint density at radius 1 is 1.10 bits per heavy atom. The van der Waals surface area contributed by atoms with Gasteiger partial charge in [-0.05, 0) is 41.6 Å². The van der Waals surface area contributed by atoms with Crippen molar-refractivity contribution in [3.05, 3.63) is 81.4 Å². The second-order valence-electron chi connectivity index (χ2n) is 4.93. The van der Waals surface area contributed by atoms with Crippen molar-refractivity contribution in [2.45, 2.75) is 19.0 Å². The summed E-state index contributed by atoms with van der Waals surface area (Å²) >= 11 is 7.58. The lowest BCUT2D eigenvalue weighted by molar-refractivity contribution is 0.419. The first-order chi connectivity index (χ1) is 10.2. The molecule has 2 aromatic heterocycles. The Hall–Kier alpha value is -1.55. The third kappa shape index (κ3) is 3.38. The van der Waals surface area contributed by atoms with Crippen LogP contribution in [0.1, 0.15) is 35.9 Å². The highest BCUT2D eigenvalue weighted by molar-refractivity contribution is 7.14. The van der Waals surface area contributed by atoms with Crippen LogP contribution in [0.25, 0.3) is 0 Å². The van der Waals surface area contributed by atoms with Gasteiger partial charge in [-0.3, -0.25) is 5.32 Å². The molecule has 0 aliphatic heterocycles. The van der Waals surface area contributed by atoms with Crippen molar-refractivity contribution < 1.29 is 4.42 Å². The highest BCUT2D eigenvalue weighted by atomic mass is 35.5. The molecule has 1 aromatic carbocycles. The molecule has 3 aromatic rings. The van der Waals surface area contributed by atoms with E-state index in [9.17, 15) is 0 Å². The summed E-state index contributed by atoms with van der Waals surface area (Å²) in [6, 6.07) is 16.4. The first-order valence-electron chi connectivity index (χ1n) is 6.82. The number of nitrogens with one attached hydrogen (secondary N) is 1. The van der Waals surface area contributed by atoms with Crippen molar-refractivity contribution in [1.29, 1.82) is 0 Å². The minimum Gasteiger partial charge on any atom is -0.467 e. The smallest absolute Gasteiger partial charge is 0.125 e. The number of halogens is 1. The van der Waals surface area contributed by atoms with Crippen molar-refractivity contribution in [3.8, 4) is 0 Å². The van der Waals surface area contributed by atoms with Gasteiger partial charge in [0, 0.05) is 6.04 Å². The number of hydrogen-bond donors (Lipinski definition) is 1. The third-order valence-electron chi connectivity index (χ3n) is 3.47. The Morgan fingerprint density at radius 3 is 2.52 bits per heavy atom. The lowest BCUT2D eigenvalue weighted by Crippen LogP contribution is -2.25. The largest absolute Gasteiger partial charge is 0.467 e. The summed E-state index contributed by atoms with van der Waals surface area (Å²) in [5.41, 5.74) is 2.37. The summed E-state index contributed by atoms with van der Waals surface area (Å²) in [6.45, 7) is 2.14. The minimum atomic E-state index is 0.0230. The molecule has 0 fully saturated rings. The fourth-order valence-corrected chi connectivity index (χ4v) is 3.32. The number of furan rings is 1. The van der Waals surface area contributed by atoms with E-state index in [1.54, 1.807) is 17.6 Å². The lowest BCUT2D eigenvalue weighted by Gasteiger charge is -2.22. The van der Waals surface area contributed by atoms with Crippen molar-refractivity contribution in [3.63, 3.8) is 0 Å². The molecule has 21 heavy (non-hydrogen) atoms. The Labute approximate surface area is 133 Å². The summed E-state index contributed by atoms with van der Waals surface area (Å²) in [5, 5.41) is 5.71. The van der Waals surface area contributed by atoms with Crippen molar-refractivity contribution in [2.24, 2.45) is 0 Å². The zero-order chi connectivity index (χ0) is 14.7. The quantitative estimate of drug-likeness (QED) is 0.678. The minimum absolute atomic E-state index is 0.0230. The average molecular weight is 318 g/mol. The van der Waals surface area contributed by atoms with Gasteiger partial charge in [0.05, 0.1) is 16.6 Å². The van der Waals surface area contributed by atoms with Crippen LogP contribution in [-0.4, -0.2) is 0 Å². The standard InChI is InChI=1S/C17H16ClNOS/c1-12(14-10-16(18)21-11-14)19-17(15-8-5-9-20-15)13-6-3-2-4-7-13/h2-12,17,19H,1H3. The Balaban J connectivity index is 1.86. The van der Waals surface area contributed by atoms with Gasteiger partial charge in [-0.2, -0.15) is 0 Å². The molecule has 2 nitrogen and oxygen atoms in total. The summed E-state index contributed by atoms with van der Waals surface area (Å²) in [5.74, 6) is 0.911.